The highest BCUT2D eigenvalue weighted by Crippen LogP contribution is 2.35. The van der Waals surface area contributed by atoms with Crippen LogP contribution in [0.1, 0.15) is 30.1 Å². The van der Waals surface area contributed by atoms with Gasteiger partial charge in [0, 0.05) is 29.9 Å². The highest BCUT2D eigenvalue weighted by molar-refractivity contribution is 7.80. The average Bonchev–Trinajstić information content (AvgIpc) is 2.92. The molecule has 1 atom stereocenters. The molecule has 0 spiro atoms. The van der Waals surface area contributed by atoms with Crippen LogP contribution < -0.4 is 15.4 Å². The first-order valence-electron chi connectivity index (χ1n) is 7.71. The second-order valence-corrected chi connectivity index (χ2v) is 5.74. The average molecular weight is 362 g/mol. The third-order valence-electron chi connectivity index (χ3n) is 3.51. The molecule has 0 fully saturated rings. The number of rotatable bonds is 7. The minimum atomic E-state index is -0.926. The van der Waals surface area contributed by atoms with Crippen LogP contribution in [0.15, 0.2) is 30.4 Å². The van der Waals surface area contributed by atoms with Crippen molar-refractivity contribution in [1.29, 1.82) is 0 Å². The molecule has 8 heteroatoms. The summed E-state index contributed by atoms with van der Waals surface area (Å²) in [5.41, 5.74) is 5.69. The SMILES string of the molecule is CCCC(=O)Oc1cccc(C(=O)[C@@H](N)CS)c1N1C(=O)C=CC1=O. The number of hydrogen-bond acceptors (Lipinski definition) is 7. The lowest BCUT2D eigenvalue weighted by Crippen LogP contribution is -2.36. The van der Waals surface area contributed by atoms with Crippen molar-refractivity contribution in [1.82, 2.24) is 0 Å². The van der Waals surface area contributed by atoms with E-state index in [0.29, 0.717) is 6.42 Å². The van der Waals surface area contributed by atoms with Crippen molar-refractivity contribution in [2.24, 2.45) is 5.73 Å². The molecule has 1 aliphatic heterocycles. The van der Waals surface area contributed by atoms with Crippen molar-refractivity contribution in [2.45, 2.75) is 25.8 Å². The van der Waals surface area contributed by atoms with Gasteiger partial charge in [-0.1, -0.05) is 13.0 Å². The van der Waals surface area contributed by atoms with Gasteiger partial charge in [-0.3, -0.25) is 19.2 Å². The third kappa shape index (κ3) is 3.97. The summed E-state index contributed by atoms with van der Waals surface area (Å²) < 4.78 is 5.27. The van der Waals surface area contributed by atoms with Crippen LogP contribution in [0.25, 0.3) is 0 Å². The largest absolute Gasteiger partial charge is 0.424 e. The Kier molecular flexibility index (Phi) is 6.11. The van der Waals surface area contributed by atoms with Crippen LogP contribution in [0.4, 0.5) is 5.69 Å². The normalized spacial score (nSPS) is 14.8. The molecule has 7 nitrogen and oxygen atoms in total. The van der Waals surface area contributed by atoms with E-state index in [1.807, 2.05) is 6.92 Å². The number of nitrogens with zero attached hydrogens (tertiary/aromatic N) is 1. The van der Waals surface area contributed by atoms with Crippen LogP contribution in [0.3, 0.4) is 0 Å². The van der Waals surface area contributed by atoms with Crippen molar-refractivity contribution in [3.05, 3.63) is 35.9 Å². The topological polar surface area (TPSA) is 107 Å². The van der Waals surface area contributed by atoms with Crippen LogP contribution in [-0.2, 0) is 14.4 Å². The van der Waals surface area contributed by atoms with Crippen molar-refractivity contribution >= 4 is 41.9 Å². The molecule has 1 aromatic rings. The number of ether oxygens (including phenoxy) is 1. The Morgan fingerprint density at radius 1 is 1.24 bits per heavy atom. The summed E-state index contributed by atoms with van der Waals surface area (Å²) in [6.45, 7) is 1.81. The van der Waals surface area contributed by atoms with Crippen LogP contribution in [-0.4, -0.2) is 35.4 Å². The van der Waals surface area contributed by atoms with Gasteiger partial charge in [-0.2, -0.15) is 12.6 Å². The smallest absolute Gasteiger partial charge is 0.311 e. The third-order valence-corrected chi connectivity index (χ3v) is 3.90. The van der Waals surface area contributed by atoms with Crippen molar-refractivity contribution in [2.75, 3.05) is 10.7 Å². The minimum Gasteiger partial charge on any atom is -0.424 e. The second-order valence-electron chi connectivity index (χ2n) is 5.37. The Bertz CT molecular complexity index is 741. The summed E-state index contributed by atoms with van der Waals surface area (Å²) in [6.07, 6.45) is 2.90. The van der Waals surface area contributed by atoms with Crippen LogP contribution >= 0.6 is 12.6 Å². The maximum absolute atomic E-state index is 12.5. The number of Topliss-reactive ketones (excluding diaryl/α,β-unsaturated/α-hetero) is 1. The van der Waals surface area contributed by atoms with Crippen molar-refractivity contribution in [3.63, 3.8) is 0 Å². The standard InChI is InChI=1S/C17H18N2O5S/c1-2-4-15(22)24-12-6-3-5-10(17(23)11(18)9-25)16(12)19-13(20)7-8-14(19)21/h3,5-8,11,25H,2,4,9,18H2,1H3/t11-/m0/s1. The number of nitrogens with two attached hydrogens (primary N) is 1. The van der Waals surface area contributed by atoms with E-state index < -0.39 is 29.6 Å². The van der Waals surface area contributed by atoms with Gasteiger partial charge < -0.3 is 10.5 Å². The van der Waals surface area contributed by atoms with E-state index in [0.717, 1.165) is 17.1 Å². The van der Waals surface area contributed by atoms with Gasteiger partial charge in [0.15, 0.2) is 11.5 Å². The fourth-order valence-electron chi connectivity index (χ4n) is 2.32. The number of hydrogen-bond donors (Lipinski definition) is 2. The Balaban J connectivity index is 2.56. The van der Waals surface area contributed by atoms with E-state index in [1.165, 1.54) is 18.2 Å². The molecule has 2 amide bonds. The van der Waals surface area contributed by atoms with Gasteiger partial charge in [-0.25, -0.2) is 4.90 Å². The number of esters is 1. The fraction of sp³-hybridized carbons (Fsp3) is 0.294. The molecule has 0 saturated carbocycles. The van der Waals surface area contributed by atoms with E-state index in [9.17, 15) is 19.2 Å². The number of ketones is 1. The van der Waals surface area contributed by atoms with E-state index in [2.05, 4.69) is 12.6 Å². The lowest BCUT2D eigenvalue weighted by Gasteiger charge is -2.21. The molecule has 0 saturated heterocycles. The van der Waals surface area contributed by atoms with Gasteiger partial charge in [0.1, 0.15) is 5.69 Å². The number of para-hydroxylation sites is 1. The fourth-order valence-corrected chi connectivity index (χ4v) is 2.48. The Morgan fingerprint density at radius 3 is 2.44 bits per heavy atom. The van der Waals surface area contributed by atoms with Crippen molar-refractivity contribution < 1.29 is 23.9 Å². The van der Waals surface area contributed by atoms with Crippen molar-refractivity contribution in [3.8, 4) is 5.75 Å². The van der Waals surface area contributed by atoms with Gasteiger partial charge in [-0.05, 0) is 18.6 Å². The van der Waals surface area contributed by atoms with Gasteiger partial charge in [0.05, 0.1) is 6.04 Å². The molecule has 0 aromatic heterocycles. The molecule has 1 aliphatic rings. The highest BCUT2D eigenvalue weighted by Gasteiger charge is 2.33. The zero-order valence-corrected chi connectivity index (χ0v) is 14.5. The molecule has 1 heterocycles. The Hall–Kier alpha value is -2.45. The highest BCUT2D eigenvalue weighted by atomic mass is 32.1. The number of anilines is 1. The molecule has 0 radical (unpaired) electrons. The molecule has 1 aromatic carbocycles. The van der Waals surface area contributed by atoms with Gasteiger partial charge >= 0.3 is 5.97 Å². The monoisotopic (exact) mass is 362 g/mol. The zero-order chi connectivity index (χ0) is 18.6. The van der Waals surface area contributed by atoms with E-state index in [-0.39, 0.29) is 29.2 Å². The lowest BCUT2D eigenvalue weighted by molar-refractivity contribution is -0.134. The zero-order valence-electron chi connectivity index (χ0n) is 13.6. The van der Waals surface area contributed by atoms with Gasteiger partial charge in [0.25, 0.3) is 11.8 Å². The lowest BCUT2D eigenvalue weighted by atomic mass is 10.0. The molecule has 25 heavy (non-hydrogen) atoms. The summed E-state index contributed by atoms with van der Waals surface area (Å²) in [5, 5.41) is 0. The first kappa shape index (κ1) is 18.9. The predicted molar refractivity (Wildman–Crippen MR) is 94.8 cm³/mol. The molecular weight excluding hydrogens is 344 g/mol. The summed E-state index contributed by atoms with van der Waals surface area (Å²) in [4.78, 5) is 49.4. The van der Waals surface area contributed by atoms with Gasteiger partial charge in [-0.15, -0.1) is 0 Å². The molecular formula is C17H18N2O5S. The number of carbonyl (C=O) groups excluding carboxylic acids is 4. The molecule has 0 aliphatic carbocycles. The molecule has 2 N–H and O–H groups in total. The number of amides is 2. The summed E-state index contributed by atoms with van der Waals surface area (Å²) in [5.74, 6) is -2.25. The number of carbonyl (C=O) groups is 4. The summed E-state index contributed by atoms with van der Waals surface area (Å²) in [7, 11) is 0. The quantitative estimate of drug-likeness (QED) is 0.249. The number of benzene rings is 1. The second kappa shape index (κ2) is 8.09. The minimum absolute atomic E-state index is 0.0220. The molecule has 0 bridgehead atoms. The van der Waals surface area contributed by atoms with E-state index in [1.54, 1.807) is 0 Å². The van der Waals surface area contributed by atoms with Crippen LogP contribution in [0.5, 0.6) is 5.75 Å². The molecule has 2 rings (SSSR count). The summed E-state index contributed by atoms with van der Waals surface area (Å²) >= 11 is 4.00. The predicted octanol–water partition coefficient (Wildman–Crippen LogP) is 1.26. The molecule has 0 unspecified atom stereocenters. The number of imide groups is 1. The maximum Gasteiger partial charge on any atom is 0.311 e. The molecule has 132 valence electrons. The first-order valence-corrected chi connectivity index (χ1v) is 8.34. The van der Waals surface area contributed by atoms with Gasteiger partial charge in [0.2, 0.25) is 0 Å². The van der Waals surface area contributed by atoms with E-state index >= 15 is 0 Å². The Morgan fingerprint density at radius 2 is 1.88 bits per heavy atom. The van der Waals surface area contributed by atoms with E-state index in [4.69, 9.17) is 10.5 Å². The van der Waals surface area contributed by atoms with Crippen LogP contribution in [0.2, 0.25) is 0 Å². The van der Waals surface area contributed by atoms with Crippen LogP contribution in [0, 0.1) is 0 Å². The first-order chi connectivity index (χ1) is 11.9. The maximum atomic E-state index is 12.5. The summed E-state index contributed by atoms with van der Waals surface area (Å²) in [6, 6.07) is 3.42. The number of thiol groups is 1. The Labute approximate surface area is 150 Å².